The Morgan fingerprint density at radius 2 is 2.05 bits per heavy atom. The van der Waals surface area contributed by atoms with Crippen molar-refractivity contribution < 1.29 is 22.7 Å². The van der Waals surface area contributed by atoms with E-state index in [9.17, 15) is 18.0 Å². The van der Waals surface area contributed by atoms with Gasteiger partial charge >= 0.3 is 6.18 Å². The van der Waals surface area contributed by atoms with Gasteiger partial charge in [0, 0.05) is 5.38 Å². The average Bonchev–Trinajstić information content (AvgIpc) is 2.80. The van der Waals surface area contributed by atoms with Crippen LogP contribution in [0.4, 0.5) is 13.2 Å². The Bertz CT molecular complexity index is 552. The summed E-state index contributed by atoms with van der Waals surface area (Å²) >= 11 is 0.414. The van der Waals surface area contributed by atoms with E-state index in [2.05, 4.69) is 10.3 Å². The molecule has 1 aliphatic rings. The van der Waals surface area contributed by atoms with Gasteiger partial charge in [0.2, 0.25) is 0 Å². The number of nitrogens with one attached hydrogen (secondary N) is 1. The Hall–Kier alpha value is -1.15. The number of ether oxygens (including phenoxy) is 1. The van der Waals surface area contributed by atoms with Gasteiger partial charge in [-0.2, -0.15) is 13.2 Å². The Balaban J connectivity index is 2.10. The molecule has 1 unspecified atom stereocenters. The molecule has 1 fully saturated rings. The van der Waals surface area contributed by atoms with Crippen molar-refractivity contribution in [2.45, 2.75) is 57.5 Å². The number of alkyl halides is 3. The van der Waals surface area contributed by atoms with Crippen LogP contribution in [0.25, 0.3) is 0 Å². The molecule has 0 saturated carbocycles. The maximum Gasteiger partial charge on any atom is 0.443 e. The summed E-state index contributed by atoms with van der Waals surface area (Å²) in [6.45, 7) is 7.50. The minimum atomic E-state index is -4.53. The zero-order valence-electron chi connectivity index (χ0n) is 12.2. The summed E-state index contributed by atoms with van der Waals surface area (Å²) in [6.07, 6.45) is -3.94. The summed E-state index contributed by atoms with van der Waals surface area (Å²) in [7, 11) is 0. The van der Waals surface area contributed by atoms with Crippen LogP contribution in [0, 0.1) is 0 Å². The second-order valence-electron chi connectivity index (χ2n) is 6.23. The minimum Gasteiger partial charge on any atom is -0.367 e. The quantitative estimate of drug-likeness (QED) is 0.909. The molecule has 1 aromatic heterocycles. The summed E-state index contributed by atoms with van der Waals surface area (Å²) < 4.78 is 43.3. The van der Waals surface area contributed by atoms with Gasteiger partial charge in [-0.05, 0) is 34.1 Å². The van der Waals surface area contributed by atoms with E-state index < -0.39 is 22.7 Å². The van der Waals surface area contributed by atoms with E-state index in [1.54, 1.807) is 0 Å². The number of nitrogens with zero attached hydrogens (tertiary/aromatic N) is 1. The van der Waals surface area contributed by atoms with Gasteiger partial charge in [-0.25, -0.2) is 4.98 Å². The molecule has 1 N–H and O–H groups in total. The number of hydrogen-bond donors (Lipinski definition) is 1. The van der Waals surface area contributed by atoms with Crippen LogP contribution < -0.4 is 5.32 Å². The van der Waals surface area contributed by atoms with Gasteiger partial charge in [-0.15, -0.1) is 11.3 Å². The monoisotopic (exact) mass is 322 g/mol. The molecule has 0 aromatic carbocycles. The lowest BCUT2D eigenvalue weighted by atomic mass is 9.94. The molecule has 21 heavy (non-hydrogen) atoms. The number of thiazole rings is 1. The molecule has 1 saturated heterocycles. The van der Waals surface area contributed by atoms with Crippen LogP contribution in [-0.2, 0) is 10.9 Å². The maximum absolute atomic E-state index is 12.5. The fourth-order valence-electron chi connectivity index (χ4n) is 2.53. The van der Waals surface area contributed by atoms with E-state index in [1.807, 2.05) is 27.7 Å². The minimum absolute atomic E-state index is 0.215. The second kappa shape index (κ2) is 4.95. The fourth-order valence-corrected chi connectivity index (χ4v) is 3.20. The van der Waals surface area contributed by atoms with Crippen LogP contribution in [0.15, 0.2) is 5.38 Å². The Kier molecular flexibility index (Phi) is 3.82. The zero-order valence-corrected chi connectivity index (χ0v) is 13.0. The number of rotatable bonds is 2. The Morgan fingerprint density at radius 1 is 1.43 bits per heavy atom. The maximum atomic E-state index is 12.5. The van der Waals surface area contributed by atoms with Crippen LogP contribution in [0.1, 0.15) is 49.6 Å². The number of halogens is 3. The van der Waals surface area contributed by atoms with Crippen LogP contribution in [0.5, 0.6) is 0 Å². The van der Waals surface area contributed by atoms with Gasteiger partial charge in [-0.1, -0.05) is 0 Å². The number of carbonyl (C=O) groups excluding carboxylic acids is 1. The highest BCUT2D eigenvalue weighted by atomic mass is 32.1. The van der Waals surface area contributed by atoms with Crippen molar-refractivity contribution in [2.24, 2.45) is 0 Å². The van der Waals surface area contributed by atoms with Gasteiger partial charge in [0.25, 0.3) is 5.91 Å². The second-order valence-corrected chi connectivity index (χ2v) is 7.09. The summed E-state index contributed by atoms with van der Waals surface area (Å²) in [5.41, 5.74) is -1.18. The first-order valence-corrected chi connectivity index (χ1v) is 7.32. The summed E-state index contributed by atoms with van der Waals surface area (Å²) in [6, 6.07) is -0.281. The number of carbonyl (C=O) groups is 1. The third-order valence-corrected chi connectivity index (χ3v) is 4.25. The third-order valence-electron chi connectivity index (χ3n) is 3.36. The molecule has 1 aromatic rings. The van der Waals surface area contributed by atoms with Gasteiger partial charge < -0.3 is 10.1 Å². The van der Waals surface area contributed by atoms with Crippen LogP contribution in [0.3, 0.4) is 0 Å². The smallest absolute Gasteiger partial charge is 0.367 e. The first-order valence-electron chi connectivity index (χ1n) is 6.44. The lowest BCUT2D eigenvalue weighted by Gasteiger charge is -2.27. The highest BCUT2D eigenvalue weighted by Gasteiger charge is 2.46. The highest BCUT2D eigenvalue weighted by Crippen LogP contribution is 2.37. The zero-order chi connectivity index (χ0) is 16.1. The molecule has 1 aliphatic heterocycles. The molecule has 2 rings (SSSR count). The molecule has 118 valence electrons. The molecule has 0 radical (unpaired) electrons. The average molecular weight is 322 g/mol. The van der Waals surface area contributed by atoms with Crippen LogP contribution >= 0.6 is 11.3 Å². The van der Waals surface area contributed by atoms with E-state index in [0.29, 0.717) is 17.8 Å². The number of amides is 1. The van der Waals surface area contributed by atoms with Gasteiger partial charge in [0.05, 0.1) is 17.2 Å². The van der Waals surface area contributed by atoms with Crippen molar-refractivity contribution in [1.29, 1.82) is 0 Å². The standard InChI is InChI=1S/C13H17F3N2O2S/c1-11(2)5-8(12(3,4)20-11)18-9(19)7-6-21-10(17-7)13(14,15)16/h6,8H,5H2,1-4H3,(H,18,19). The lowest BCUT2D eigenvalue weighted by Crippen LogP contribution is -2.46. The van der Waals surface area contributed by atoms with E-state index >= 15 is 0 Å². The SMILES string of the molecule is CC1(C)CC(NC(=O)c2csc(C(F)(F)F)n2)C(C)(C)O1. The summed E-state index contributed by atoms with van der Waals surface area (Å²) in [5.74, 6) is -0.610. The number of hydrogen-bond acceptors (Lipinski definition) is 4. The van der Waals surface area contributed by atoms with Gasteiger partial charge in [-0.3, -0.25) is 4.79 Å². The Labute approximate surface area is 124 Å². The highest BCUT2D eigenvalue weighted by molar-refractivity contribution is 7.09. The van der Waals surface area contributed by atoms with E-state index in [0.717, 1.165) is 5.38 Å². The molecule has 1 atom stereocenters. The van der Waals surface area contributed by atoms with Crippen molar-refractivity contribution in [3.63, 3.8) is 0 Å². The molecular weight excluding hydrogens is 305 g/mol. The largest absolute Gasteiger partial charge is 0.443 e. The van der Waals surface area contributed by atoms with Crippen LogP contribution in [0.2, 0.25) is 0 Å². The topological polar surface area (TPSA) is 51.2 Å². The predicted octanol–water partition coefficient (Wildman–Crippen LogP) is 3.24. The molecular formula is C13H17F3N2O2S. The van der Waals surface area contributed by atoms with E-state index in [4.69, 9.17) is 4.74 Å². The molecule has 8 heteroatoms. The van der Waals surface area contributed by atoms with E-state index in [1.165, 1.54) is 0 Å². The van der Waals surface area contributed by atoms with Crippen molar-refractivity contribution in [1.82, 2.24) is 10.3 Å². The third kappa shape index (κ3) is 3.55. The van der Waals surface area contributed by atoms with Crippen molar-refractivity contribution >= 4 is 17.2 Å². The molecule has 2 heterocycles. The Morgan fingerprint density at radius 3 is 2.48 bits per heavy atom. The molecule has 0 bridgehead atoms. The molecule has 4 nitrogen and oxygen atoms in total. The van der Waals surface area contributed by atoms with Crippen molar-refractivity contribution in [3.05, 3.63) is 16.1 Å². The summed E-state index contributed by atoms with van der Waals surface area (Å²) in [5, 5.41) is 2.82. The van der Waals surface area contributed by atoms with Crippen LogP contribution in [-0.4, -0.2) is 28.1 Å². The van der Waals surface area contributed by atoms with Crippen molar-refractivity contribution in [2.75, 3.05) is 0 Å². The molecule has 0 aliphatic carbocycles. The molecule has 1 amide bonds. The fraction of sp³-hybridized carbons (Fsp3) is 0.692. The molecule has 0 spiro atoms. The van der Waals surface area contributed by atoms with Crippen molar-refractivity contribution in [3.8, 4) is 0 Å². The van der Waals surface area contributed by atoms with E-state index in [-0.39, 0.29) is 17.3 Å². The lowest BCUT2D eigenvalue weighted by molar-refractivity contribution is -0.137. The van der Waals surface area contributed by atoms with Gasteiger partial charge in [0.1, 0.15) is 5.69 Å². The summed E-state index contributed by atoms with van der Waals surface area (Å²) in [4.78, 5) is 15.4. The normalized spacial score (nSPS) is 24.0. The first kappa shape index (κ1) is 16.2. The first-order chi connectivity index (χ1) is 9.41. The predicted molar refractivity (Wildman–Crippen MR) is 72.2 cm³/mol. The van der Waals surface area contributed by atoms with Gasteiger partial charge in [0.15, 0.2) is 5.01 Å². The number of aromatic nitrogens is 1.